The van der Waals surface area contributed by atoms with E-state index in [0.29, 0.717) is 17.5 Å². The minimum absolute atomic E-state index is 0.652. The van der Waals surface area contributed by atoms with Gasteiger partial charge in [-0.15, -0.1) is 11.3 Å². The Morgan fingerprint density at radius 3 is 1.35 bits per heavy atom. The Morgan fingerprint density at radius 2 is 0.673 bits per heavy atom. The zero-order valence-electron chi connectivity index (χ0n) is 29.6. The maximum Gasteiger partial charge on any atom is 0.164 e. The van der Waals surface area contributed by atoms with Gasteiger partial charge in [-0.2, -0.15) is 0 Å². The lowest BCUT2D eigenvalue weighted by Crippen LogP contribution is -2.00. The Hall–Kier alpha value is -7.01. The first kappa shape index (κ1) is 31.5. The Labute approximate surface area is 321 Å². The Balaban J connectivity index is 1.02. The molecule has 0 saturated heterocycles. The van der Waals surface area contributed by atoms with Crippen molar-refractivity contribution in [3.63, 3.8) is 0 Å². The van der Waals surface area contributed by atoms with E-state index in [9.17, 15) is 0 Å². The molecule has 4 heteroatoms. The molecule has 11 rings (SSSR count). The quantitative estimate of drug-likeness (QED) is 0.166. The molecule has 55 heavy (non-hydrogen) atoms. The number of nitrogens with zero attached hydrogens (tertiary/aromatic N) is 3. The molecule has 256 valence electrons. The van der Waals surface area contributed by atoms with Gasteiger partial charge in [-0.25, -0.2) is 15.0 Å². The summed E-state index contributed by atoms with van der Waals surface area (Å²) < 4.78 is 2.46. The van der Waals surface area contributed by atoms with Crippen LogP contribution in [0.5, 0.6) is 0 Å². The van der Waals surface area contributed by atoms with Crippen molar-refractivity contribution in [3.05, 3.63) is 188 Å². The Kier molecular flexibility index (Phi) is 7.35. The van der Waals surface area contributed by atoms with Crippen molar-refractivity contribution in [1.82, 2.24) is 15.0 Å². The van der Waals surface area contributed by atoms with E-state index >= 15 is 0 Å². The van der Waals surface area contributed by atoms with E-state index in [1.54, 1.807) is 0 Å². The van der Waals surface area contributed by atoms with Crippen LogP contribution in [0, 0.1) is 0 Å². The third-order valence-electron chi connectivity index (χ3n) is 10.7. The fourth-order valence-corrected chi connectivity index (χ4v) is 9.13. The van der Waals surface area contributed by atoms with Gasteiger partial charge in [-0.05, 0) is 84.9 Å². The summed E-state index contributed by atoms with van der Waals surface area (Å²) in [6.45, 7) is 0. The highest BCUT2D eigenvalue weighted by Gasteiger charge is 2.16. The van der Waals surface area contributed by atoms with Crippen LogP contribution in [0.2, 0.25) is 0 Å². The van der Waals surface area contributed by atoms with Gasteiger partial charge in [0.2, 0.25) is 0 Å². The number of hydrogen-bond acceptors (Lipinski definition) is 4. The van der Waals surface area contributed by atoms with Gasteiger partial charge in [0.25, 0.3) is 0 Å². The molecule has 11 aromatic rings. The van der Waals surface area contributed by atoms with Gasteiger partial charge >= 0.3 is 0 Å². The van der Waals surface area contributed by atoms with E-state index in [1.807, 2.05) is 35.6 Å². The predicted molar refractivity (Wildman–Crippen MR) is 232 cm³/mol. The summed E-state index contributed by atoms with van der Waals surface area (Å²) >= 11 is 1.81. The number of fused-ring (bicyclic) bond motifs is 9. The Bertz CT molecular complexity index is 3220. The minimum atomic E-state index is 0.652. The third-order valence-corrected chi connectivity index (χ3v) is 11.8. The van der Waals surface area contributed by atoms with Gasteiger partial charge in [0, 0.05) is 36.9 Å². The summed E-state index contributed by atoms with van der Waals surface area (Å²) in [5.74, 6) is 1.96. The lowest BCUT2D eigenvalue weighted by atomic mass is 9.92. The highest BCUT2D eigenvalue weighted by Crippen LogP contribution is 2.41. The number of aromatic nitrogens is 3. The van der Waals surface area contributed by atoms with Crippen LogP contribution in [0.25, 0.3) is 109 Å². The van der Waals surface area contributed by atoms with Crippen LogP contribution in [-0.4, -0.2) is 15.0 Å². The van der Waals surface area contributed by atoms with E-state index in [0.717, 1.165) is 27.8 Å². The largest absolute Gasteiger partial charge is 0.208 e. The van der Waals surface area contributed by atoms with Crippen molar-refractivity contribution in [2.45, 2.75) is 0 Å². The molecule has 3 nitrogen and oxygen atoms in total. The number of rotatable bonds is 5. The molecule has 0 N–H and O–H groups in total. The second-order valence-corrected chi connectivity index (χ2v) is 15.1. The molecule has 0 radical (unpaired) electrons. The topological polar surface area (TPSA) is 38.7 Å². The van der Waals surface area contributed by atoms with Crippen molar-refractivity contribution >= 4 is 63.8 Å². The van der Waals surface area contributed by atoms with E-state index in [1.165, 1.54) is 63.6 Å². The summed E-state index contributed by atoms with van der Waals surface area (Å²) in [6.07, 6.45) is 0. The van der Waals surface area contributed by atoms with Crippen molar-refractivity contribution in [2.24, 2.45) is 0 Å². The average Bonchev–Trinajstić information content (AvgIpc) is 3.64. The zero-order valence-corrected chi connectivity index (χ0v) is 30.5. The lowest BCUT2D eigenvalue weighted by molar-refractivity contribution is 1.07. The summed E-state index contributed by atoms with van der Waals surface area (Å²) in [7, 11) is 0. The fraction of sp³-hybridized carbons (Fsp3) is 0. The molecule has 0 saturated carbocycles. The second-order valence-electron chi connectivity index (χ2n) is 14.0. The van der Waals surface area contributed by atoms with Crippen LogP contribution >= 0.6 is 11.3 Å². The van der Waals surface area contributed by atoms with Crippen LogP contribution in [0.3, 0.4) is 0 Å². The minimum Gasteiger partial charge on any atom is -0.208 e. The Morgan fingerprint density at radius 1 is 0.236 bits per heavy atom. The lowest BCUT2D eigenvalue weighted by Gasteiger charge is -2.12. The molecule has 0 amide bonds. The molecule has 0 aliphatic heterocycles. The van der Waals surface area contributed by atoms with Gasteiger partial charge in [-0.1, -0.05) is 158 Å². The number of benzene rings is 9. The third kappa shape index (κ3) is 5.46. The van der Waals surface area contributed by atoms with Crippen molar-refractivity contribution in [1.29, 1.82) is 0 Å². The average molecular weight is 718 g/mol. The molecule has 0 fully saturated rings. The summed E-state index contributed by atoms with van der Waals surface area (Å²) in [5, 5.41) is 10.2. The summed E-state index contributed by atoms with van der Waals surface area (Å²) in [5.41, 5.74) is 7.58. The summed E-state index contributed by atoms with van der Waals surface area (Å²) in [6, 6.07) is 67.0. The van der Waals surface area contributed by atoms with Crippen LogP contribution in [-0.2, 0) is 0 Å². The molecule has 2 heterocycles. The first-order chi connectivity index (χ1) is 27.2. The molecular formula is C51H31N3S. The SMILES string of the molecule is c1ccc(-c2cccc(-c3nc(-c4ccccc4)nc(-c4ccc5c(c4)sc4ccc(-c6ccc7c8ccccc8c8ccccc8c7c6)cc45)n3)c2)cc1. The maximum absolute atomic E-state index is 5.10. The van der Waals surface area contributed by atoms with Crippen molar-refractivity contribution in [3.8, 4) is 56.4 Å². The highest BCUT2D eigenvalue weighted by molar-refractivity contribution is 7.25. The highest BCUT2D eigenvalue weighted by atomic mass is 32.1. The van der Waals surface area contributed by atoms with Gasteiger partial charge in [0.15, 0.2) is 17.5 Å². The van der Waals surface area contributed by atoms with Crippen LogP contribution in [0.15, 0.2) is 188 Å². The first-order valence-corrected chi connectivity index (χ1v) is 19.3. The van der Waals surface area contributed by atoms with Crippen molar-refractivity contribution in [2.75, 3.05) is 0 Å². The van der Waals surface area contributed by atoms with Gasteiger partial charge in [0.1, 0.15) is 0 Å². The van der Waals surface area contributed by atoms with E-state index < -0.39 is 0 Å². The van der Waals surface area contributed by atoms with E-state index in [2.05, 4.69) is 164 Å². The normalized spacial score (nSPS) is 11.6. The molecule has 9 aromatic carbocycles. The smallest absolute Gasteiger partial charge is 0.164 e. The monoisotopic (exact) mass is 717 g/mol. The molecule has 0 unspecified atom stereocenters. The zero-order chi connectivity index (χ0) is 36.3. The second kappa shape index (κ2) is 12.8. The van der Waals surface area contributed by atoms with E-state index in [4.69, 9.17) is 15.0 Å². The van der Waals surface area contributed by atoms with Crippen molar-refractivity contribution < 1.29 is 0 Å². The van der Waals surface area contributed by atoms with Gasteiger partial charge in [-0.3, -0.25) is 0 Å². The molecular weight excluding hydrogens is 687 g/mol. The maximum atomic E-state index is 5.10. The molecule has 0 aliphatic rings. The first-order valence-electron chi connectivity index (χ1n) is 18.5. The molecule has 2 aromatic heterocycles. The predicted octanol–water partition coefficient (Wildman–Crippen LogP) is 14.0. The van der Waals surface area contributed by atoms with Crippen LogP contribution < -0.4 is 0 Å². The molecule has 0 atom stereocenters. The molecule has 0 spiro atoms. The van der Waals surface area contributed by atoms with Crippen LogP contribution in [0.1, 0.15) is 0 Å². The number of hydrogen-bond donors (Lipinski definition) is 0. The standard InChI is InChI=1S/C51H31N3S/c1-3-12-32(13-4-1)34-16-11-17-37(28-34)50-52-49(33-14-5-2-6-15-33)53-51(54-50)38-23-26-44-46-30-36(24-27-47(46)55-48(44)31-38)35-22-25-43-41-20-8-7-18-39(41)40-19-9-10-21-42(40)45(43)29-35/h1-31H. The fourth-order valence-electron chi connectivity index (χ4n) is 8.00. The summed E-state index contributed by atoms with van der Waals surface area (Å²) in [4.78, 5) is 15.1. The van der Waals surface area contributed by atoms with E-state index in [-0.39, 0.29) is 0 Å². The number of thiophene rings is 1. The van der Waals surface area contributed by atoms with Crippen LogP contribution in [0.4, 0.5) is 0 Å². The molecule has 0 bridgehead atoms. The van der Waals surface area contributed by atoms with Gasteiger partial charge < -0.3 is 0 Å². The molecule has 0 aliphatic carbocycles. The van der Waals surface area contributed by atoms with Gasteiger partial charge in [0.05, 0.1) is 0 Å².